The maximum Gasteiger partial charge on any atom is 0.159 e. The number of benzene rings is 2. The van der Waals surface area contributed by atoms with E-state index in [1.54, 1.807) is 12.4 Å². The predicted octanol–water partition coefficient (Wildman–Crippen LogP) is 8.06. The third kappa shape index (κ3) is 7.64. The van der Waals surface area contributed by atoms with Crippen LogP contribution in [-0.2, 0) is 6.42 Å². The highest BCUT2D eigenvalue weighted by atomic mass is 16.5. The number of ether oxygens (including phenoxy) is 1. The number of aryl methyl sites for hydroxylation is 1. The summed E-state index contributed by atoms with van der Waals surface area (Å²) in [7, 11) is 0. The van der Waals surface area contributed by atoms with Gasteiger partial charge in [-0.1, -0.05) is 100 Å². The van der Waals surface area contributed by atoms with Crippen molar-refractivity contribution in [3.05, 3.63) is 78.6 Å². The first-order chi connectivity index (χ1) is 15.8. The summed E-state index contributed by atoms with van der Waals surface area (Å²) in [5.74, 6) is 1.43. The van der Waals surface area contributed by atoms with Gasteiger partial charge in [-0.25, -0.2) is 9.97 Å². The first kappa shape index (κ1) is 23.7. The number of unbranched alkanes of at least 4 members (excludes halogenated alkanes) is 4. The molecule has 0 N–H and O–H groups in total. The van der Waals surface area contributed by atoms with Crippen LogP contribution >= 0.6 is 0 Å². The molecule has 0 atom stereocenters. The Kier molecular flexibility index (Phi) is 9.98. The monoisotopic (exact) mass is 428 g/mol. The number of aromatic nitrogens is 2. The summed E-state index contributed by atoms with van der Waals surface area (Å²) in [6, 6.07) is 17.4. The zero-order valence-electron chi connectivity index (χ0n) is 19.6. The summed E-state index contributed by atoms with van der Waals surface area (Å²) in [6.07, 6.45) is 17.5. The lowest BCUT2D eigenvalue weighted by Gasteiger charge is -2.07. The second-order valence-corrected chi connectivity index (χ2v) is 8.22. The fourth-order valence-electron chi connectivity index (χ4n) is 3.60. The zero-order valence-corrected chi connectivity index (χ0v) is 19.6. The number of rotatable bonds is 13. The highest BCUT2D eigenvalue weighted by Gasteiger charge is 2.04. The molecule has 0 amide bonds. The lowest BCUT2D eigenvalue weighted by atomic mass is 10.0. The predicted molar refractivity (Wildman–Crippen MR) is 135 cm³/mol. The molecule has 3 rings (SSSR count). The van der Waals surface area contributed by atoms with Crippen molar-refractivity contribution in [2.24, 2.45) is 0 Å². The topological polar surface area (TPSA) is 35.0 Å². The van der Waals surface area contributed by atoms with E-state index in [9.17, 15) is 0 Å². The molecule has 0 fully saturated rings. The average Bonchev–Trinajstić information content (AvgIpc) is 2.85. The molecule has 0 saturated heterocycles. The Hall–Kier alpha value is -2.94. The van der Waals surface area contributed by atoms with Gasteiger partial charge in [0, 0.05) is 5.56 Å². The van der Waals surface area contributed by atoms with E-state index in [-0.39, 0.29) is 0 Å². The van der Waals surface area contributed by atoms with Gasteiger partial charge < -0.3 is 4.74 Å². The molecule has 0 aliphatic rings. The Bertz CT molecular complexity index is 928. The largest absolute Gasteiger partial charge is 0.490 e. The van der Waals surface area contributed by atoms with Gasteiger partial charge in [0.2, 0.25) is 0 Å². The molecule has 3 nitrogen and oxygen atoms in total. The average molecular weight is 429 g/mol. The van der Waals surface area contributed by atoms with Crippen LogP contribution in [0.5, 0.6) is 5.75 Å². The van der Waals surface area contributed by atoms with Crippen molar-refractivity contribution in [1.29, 1.82) is 0 Å². The van der Waals surface area contributed by atoms with Crippen molar-refractivity contribution < 1.29 is 4.74 Å². The standard InChI is InChI=1S/C29H36N2O/c1-3-5-7-8-9-11-21-32-28-22-30-29(31-23-28)27-19-17-26(18-20-27)25-15-13-24(14-16-25)12-10-6-4-2/h8-9,13-20,22-23H,3-7,10-12,21H2,1-2H3. The van der Waals surface area contributed by atoms with Crippen LogP contribution in [0.15, 0.2) is 73.1 Å². The molecule has 0 bridgehead atoms. The molecule has 3 aromatic rings. The first-order valence-electron chi connectivity index (χ1n) is 12.1. The molecule has 1 aromatic heterocycles. The Morgan fingerprint density at radius 1 is 0.688 bits per heavy atom. The number of hydrogen-bond acceptors (Lipinski definition) is 3. The molecule has 32 heavy (non-hydrogen) atoms. The summed E-state index contributed by atoms with van der Waals surface area (Å²) in [5.41, 5.74) is 4.88. The third-order valence-electron chi connectivity index (χ3n) is 5.57. The maximum absolute atomic E-state index is 5.74. The summed E-state index contributed by atoms with van der Waals surface area (Å²) in [4.78, 5) is 8.97. The van der Waals surface area contributed by atoms with Gasteiger partial charge in [-0.3, -0.25) is 0 Å². The van der Waals surface area contributed by atoms with Crippen LogP contribution in [0, 0.1) is 0 Å². The minimum atomic E-state index is 0.650. The highest BCUT2D eigenvalue weighted by molar-refractivity contribution is 5.67. The summed E-state index contributed by atoms with van der Waals surface area (Å²) >= 11 is 0. The highest BCUT2D eigenvalue weighted by Crippen LogP contribution is 2.24. The van der Waals surface area contributed by atoms with Gasteiger partial charge in [0.25, 0.3) is 0 Å². The van der Waals surface area contributed by atoms with Gasteiger partial charge in [-0.05, 0) is 42.4 Å². The summed E-state index contributed by atoms with van der Waals surface area (Å²) in [6.45, 7) is 5.11. The van der Waals surface area contributed by atoms with Crippen molar-refractivity contribution in [3.8, 4) is 28.3 Å². The molecule has 168 valence electrons. The van der Waals surface area contributed by atoms with Crippen LogP contribution in [-0.4, -0.2) is 16.6 Å². The van der Waals surface area contributed by atoms with E-state index in [1.807, 2.05) is 0 Å². The number of nitrogens with zero attached hydrogens (tertiary/aromatic N) is 2. The number of hydrogen-bond donors (Lipinski definition) is 0. The van der Waals surface area contributed by atoms with Crippen LogP contribution < -0.4 is 4.74 Å². The summed E-state index contributed by atoms with van der Waals surface area (Å²) in [5, 5.41) is 0. The van der Waals surface area contributed by atoms with Gasteiger partial charge in [0.05, 0.1) is 19.0 Å². The van der Waals surface area contributed by atoms with E-state index in [2.05, 4.69) is 84.5 Å². The van der Waals surface area contributed by atoms with E-state index in [1.165, 1.54) is 55.2 Å². The molecule has 3 heteroatoms. The second kappa shape index (κ2) is 13.5. The van der Waals surface area contributed by atoms with E-state index >= 15 is 0 Å². The normalized spacial score (nSPS) is 11.2. The fourth-order valence-corrected chi connectivity index (χ4v) is 3.60. The SMILES string of the molecule is CCCCC=CCCOc1cnc(-c2ccc(-c3ccc(CCCCC)cc3)cc2)nc1. The van der Waals surface area contributed by atoms with Crippen LogP contribution in [0.4, 0.5) is 0 Å². The lowest BCUT2D eigenvalue weighted by Crippen LogP contribution is -1.98. The molecular weight excluding hydrogens is 392 g/mol. The molecule has 0 saturated carbocycles. The Morgan fingerprint density at radius 2 is 1.28 bits per heavy atom. The van der Waals surface area contributed by atoms with E-state index in [4.69, 9.17) is 4.74 Å². The molecular formula is C29H36N2O. The molecule has 0 unspecified atom stereocenters. The van der Waals surface area contributed by atoms with Crippen molar-refractivity contribution in [1.82, 2.24) is 9.97 Å². The van der Waals surface area contributed by atoms with Gasteiger partial charge in [0.15, 0.2) is 11.6 Å². The van der Waals surface area contributed by atoms with Crippen LogP contribution in [0.25, 0.3) is 22.5 Å². The smallest absolute Gasteiger partial charge is 0.159 e. The second-order valence-electron chi connectivity index (χ2n) is 8.22. The minimum absolute atomic E-state index is 0.650. The molecule has 0 aliphatic carbocycles. The first-order valence-corrected chi connectivity index (χ1v) is 12.1. The van der Waals surface area contributed by atoms with E-state index < -0.39 is 0 Å². The molecule has 0 aliphatic heterocycles. The van der Waals surface area contributed by atoms with E-state index in [0.29, 0.717) is 12.4 Å². The number of allylic oxidation sites excluding steroid dienone is 1. The maximum atomic E-state index is 5.74. The summed E-state index contributed by atoms with van der Waals surface area (Å²) < 4.78 is 5.74. The quantitative estimate of drug-likeness (QED) is 0.204. The Labute approximate surface area is 193 Å². The van der Waals surface area contributed by atoms with Crippen LogP contribution in [0.1, 0.15) is 64.4 Å². The Morgan fingerprint density at radius 3 is 1.94 bits per heavy atom. The molecule has 0 radical (unpaired) electrons. The van der Waals surface area contributed by atoms with Gasteiger partial charge in [-0.2, -0.15) is 0 Å². The van der Waals surface area contributed by atoms with Crippen LogP contribution in [0.3, 0.4) is 0 Å². The molecule has 2 aromatic carbocycles. The van der Waals surface area contributed by atoms with Crippen LogP contribution in [0.2, 0.25) is 0 Å². The van der Waals surface area contributed by atoms with Crippen molar-refractivity contribution in [3.63, 3.8) is 0 Å². The van der Waals surface area contributed by atoms with Gasteiger partial charge in [0.1, 0.15) is 0 Å². The van der Waals surface area contributed by atoms with Gasteiger partial charge >= 0.3 is 0 Å². The zero-order chi connectivity index (χ0) is 22.4. The third-order valence-corrected chi connectivity index (χ3v) is 5.57. The molecule has 0 spiro atoms. The Balaban J connectivity index is 1.51. The lowest BCUT2D eigenvalue weighted by molar-refractivity contribution is 0.322. The van der Waals surface area contributed by atoms with Crippen molar-refractivity contribution >= 4 is 0 Å². The minimum Gasteiger partial charge on any atom is -0.490 e. The fraction of sp³-hybridized carbons (Fsp3) is 0.379. The van der Waals surface area contributed by atoms with Gasteiger partial charge in [-0.15, -0.1) is 0 Å². The van der Waals surface area contributed by atoms with Crippen molar-refractivity contribution in [2.75, 3.05) is 6.61 Å². The molecule has 1 heterocycles. The van der Waals surface area contributed by atoms with E-state index in [0.717, 1.165) is 24.2 Å². The van der Waals surface area contributed by atoms with Crippen molar-refractivity contribution in [2.45, 2.75) is 65.2 Å².